The summed E-state index contributed by atoms with van der Waals surface area (Å²) in [6.45, 7) is 3.93. The van der Waals surface area contributed by atoms with Gasteiger partial charge < -0.3 is 16.2 Å². The first-order valence-electron chi connectivity index (χ1n) is 6.81. The van der Waals surface area contributed by atoms with Crippen molar-refractivity contribution in [1.29, 1.82) is 0 Å². The number of hydrogen-bond acceptors (Lipinski definition) is 3. The zero-order valence-electron chi connectivity index (χ0n) is 11.9. The predicted octanol–water partition coefficient (Wildman–Crippen LogP) is 2.02. The zero-order valence-corrected chi connectivity index (χ0v) is 11.9. The molecule has 0 saturated carbocycles. The minimum absolute atomic E-state index is 0.0732. The van der Waals surface area contributed by atoms with Gasteiger partial charge in [-0.1, -0.05) is 32.4 Å². The van der Waals surface area contributed by atoms with E-state index in [2.05, 4.69) is 5.32 Å². The van der Waals surface area contributed by atoms with Crippen molar-refractivity contribution in [3.63, 3.8) is 0 Å². The highest BCUT2D eigenvalue weighted by molar-refractivity contribution is 5.94. The fourth-order valence-electron chi connectivity index (χ4n) is 1.79. The maximum absolute atomic E-state index is 12.0. The highest BCUT2D eigenvalue weighted by Crippen LogP contribution is 2.14. The molecule has 0 heterocycles. The van der Waals surface area contributed by atoms with Crippen LogP contribution in [0.4, 0.5) is 5.69 Å². The van der Waals surface area contributed by atoms with E-state index in [1.54, 1.807) is 18.2 Å². The molecule has 0 bridgehead atoms. The lowest BCUT2D eigenvalue weighted by Gasteiger charge is -2.18. The Balaban J connectivity index is 2.66. The van der Waals surface area contributed by atoms with E-state index in [1.165, 1.54) is 0 Å². The van der Waals surface area contributed by atoms with Gasteiger partial charge in [-0.15, -0.1) is 0 Å². The first-order valence-corrected chi connectivity index (χ1v) is 6.81. The number of rotatable bonds is 7. The molecule has 2 atom stereocenters. The number of anilines is 1. The summed E-state index contributed by atoms with van der Waals surface area (Å²) in [6.07, 6.45) is 1.35. The SMILES string of the molecule is CCC(C)C(N)C(=O)Nc1cccc(CCC(=O)O)c1. The van der Waals surface area contributed by atoms with Crippen molar-refractivity contribution >= 4 is 17.6 Å². The molecule has 20 heavy (non-hydrogen) atoms. The molecule has 5 heteroatoms. The molecule has 1 aromatic carbocycles. The van der Waals surface area contributed by atoms with Crippen LogP contribution in [0.25, 0.3) is 0 Å². The highest BCUT2D eigenvalue weighted by atomic mass is 16.4. The van der Waals surface area contributed by atoms with Crippen molar-refractivity contribution in [2.75, 3.05) is 5.32 Å². The quantitative estimate of drug-likeness (QED) is 0.711. The Morgan fingerprint density at radius 2 is 2.10 bits per heavy atom. The highest BCUT2D eigenvalue weighted by Gasteiger charge is 2.19. The molecule has 0 saturated heterocycles. The lowest BCUT2D eigenvalue weighted by molar-refractivity contribution is -0.137. The maximum atomic E-state index is 12.0. The molecule has 0 aliphatic rings. The number of amides is 1. The van der Waals surface area contributed by atoms with Crippen molar-refractivity contribution in [3.8, 4) is 0 Å². The smallest absolute Gasteiger partial charge is 0.303 e. The van der Waals surface area contributed by atoms with Crippen molar-refractivity contribution in [2.24, 2.45) is 11.7 Å². The first kappa shape index (κ1) is 16.2. The summed E-state index contributed by atoms with van der Waals surface area (Å²) in [4.78, 5) is 22.5. The fraction of sp³-hybridized carbons (Fsp3) is 0.467. The van der Waals surface area contributed by atoms with Crippen LogP contribution in [0.15, 0.2) is 24.3 Å². The first-order chi connectivity index (χ1) is 9.43. The van der Waals surface area contributed by atoms with Gasteiger partial charge in [-0.2, -0.15) is 0 Å². The molecule has 1 rings (SSSR count). The minimum atomic E-state index is -0.835. The van der Waals surface area contributed by atoms with Crippen LogP contribution < -0.4 is 11.1 Å². The predicted molar refractivity (Wildman–Crippen MR) is 78.5 cm³/mol. The molecule has 0 aliphatic heterocycles. The number of carbonyl (C=O) groups excluding carboxylic acids is 1. The number of hydrogen-bond donors (Lipinski definition) is 3. The van der Waals surface area contributed by atoms with Gasteiger partial charge in [0.25, 0.3) is 0 Å². The standard InChI is InChI=1S/C15H22N2O3/c1-3-10(2)14(16)15(20)17-12-6-4-5-11(9-12)7-8-13(18)19/h4-6,9-10,14H,3,7-8,16H2,1-2H3,(H,17,20)(H,18,19). The van der Waals surface area contributed by atoms with Gasteiger partial charge in [-0.05, 0) is 30.0 Å². The molecule has 110 valence electrons. The number of carbonyl (C=O) groups is 2. The second kappa shape index (κ2) is 7.65. The van der Waals surface area contributed by atoms with Crippen LogP contribution in [0.3, 0.4) is 0 Å². The third-order valence-electron chi connectivity index (χ3n) is 3.38. The lowest BCUT2D eigenvalue weighted by Crippen LogP contribution is -2.40. The number of aryl methyl sites for hydroxylation is 1. The molecule has 2 unspecified atom stereocenters. The average molecular weight is 278 g/mol. The van der Waals surface area contributed by atoms with Crippen LogP contribution in [-0.4, -0.2) is 23.0 Å². The Bertz CT molecular complexity index is 474. The lowest BCUT2D eigenvalue weighted by atomic mass is 9.99. The molecule has 0 aliphatic carbocycles. The molecule has 4 N–H and O–H groups in total. The second-order valence-corrected chi connectivity index (χ2v) is 4.99. The molecule has 0 aromatic heterocycles. The van der Waals surface area contributed by atoms with E-state index >= 15 is 0 Å². The van der Waals surface area contributed by atoms with Gasteiger partial charge in [0.1, 0.15) is 0 Å². The van der Waals surface area contributed by atoms with Gasteiger partial charge in [0.05, 0.1) is 6.04 Å². The van der Waals surface area contributed by atoms with E-state index in [1.807, 2.05) is 19.9 Å². The average Bonchev–Trinajstić information content (AvgIpc) is 2.43. The normalized spacial score (nSPS) is 13.6. The van der Waals surface area contributed by atoms with Crippen LogP contribution in [0.2, 0.25) is 0 Å². The summed E-state index contributed by atoms with van der Waals surface area (Å²) in [6, 6.07) is 6.65. The van der Waals surface area contributed by atoms with Gasteiger partial charge >= 0.3 is 5.97 Å². The monoisotopic (exact) mass is 278 g/mol. The van der Waals surface area contributed by atoms with Gasteiger partial charge in [-0.25, -0.2) is 0 Å². The summed E-state index contributed by atoms with van der Waals surface area (Å²) < 4.78 is 0. The number of carboxylic acid groups (broad SMARTS) is 1. The molecule has 0 spiro atoms. The van der Waals surface area contributed by atoms with Crippen LogP contribution in [-0.2, 0) is 16.0 Å². The van der Waals surface area contributed by atoms with Crippen LogP contribution in [0, 0.1) is 5.92 Å². The Morgan fingerprint density at radius 1 is 1.40 bits per heavy atom. The molecular formula is C15H22N2O3. The van der Waals surface area contributed by atoms with E-state index in [-0.39, 0.29) is 18.2 Å². The van der Waals surface area contributed by atoms with E-state index in [0.29, 0.717) is 12.1 Å². The number of nitrogens with two attached hydrogens (primary N) is 1. The molecule has 1 aromatic rings. The summed E-state index contributed by atoms with van der Waals surface area (Å²) in [5.74, 6) is -0.932. The van der Waals surface area contributed by atoms with Crippen LogP contribution in [0.1, 0.15) is 32.3 Å². The summed E-state index contributed by atoms with van der Waals surface area (Å²) >= 11 is 0. The molecule has 0 radical (unpaired) electrons. The Labute approximate surface area is 119 Å². The van der Waals surface area contributed by atoms with Crippen LogP contribution >= 0.6 is 0 Å². The summed E-state index contributed by atoms with van der Waals surface area (Å²) in [5.41, 5.74) is 7.39. The van der Waals surface area contributed by atoms with Crippen molar-refractivity contribution in [3.05, 3.63) is 29.8 Å². The molecule has 0 fully saturated rings. The number of nitrogens with one attached hydrogen (secondary N) is 1. The van der Waals surface area contributed by atoms with Crippen molar-refractivity contribution in [1.82, 2.24) is 0 Å². The van der Waals surface area contributed by atoms with Gasteiger partial charge in [0.15, 0.2) is 0 Å². The van der Waals surface area contributed by atoms with Crippen molar-refractivity contribution in [2.45, 2.75) is 39.2 Å². The third-order valence-corrected chi connectivity index (χ3v) is 3.38. The minimum Gasteiger partial charge on any atom is -0.481 e. The molecular weight excluding hydrogens is 256 g/mol. The van der Waals surface area contributed by atoms with E-state index in [4.69, 9.17) is 10.8 Å². The van der Waals surface area contributed by atoms with E-state index < -0.39 is 12.0 Å². The number of benzene rings is 1. The van der Waals surface area contributed by atoms with Gasteiger partial charge in [0.2, 0.25) is 5.91 Å². The number of carboxylic acids is 1. The van der Waals surface area contributed by atoms with Gasteiger partial charge in [-0.3, -0.25) is 9.59 Å². The Kier molecular flexibility index (Phi) is 6.18. The fourth-order valence-corrected chi connectivity index (χ4v) is 1.79. The topological polar surface area (TPSA) is 92.4 Å². The van der Waals surface area contributed by atoms with Crippen molar-refractivity contribution < 1.29 is 14.7 Å². The second-order valence-electron chi connectivity index (χ2n) is 4.99. The summed E-state index contributed by atoms with van der Waals surface area (Å²) in [7, 11) is 0. The van der Waals surface area contributed by atoms with E-state index in [0.717, 1.165) is 12.0 Å². The zero-order chi connectivity index (χ0) is 15.1. The Hall–Kier alpha value is -1.88. The summed E-state index contributed by atoms with van der Waals surface area (Å²) in [5, 5.41) is 11.4. The maximum Gasteiger partial charge on any atom is 0.303 e. The largest absolute Gasteiger partial charge is 0.481 e. The number of aliphatic carboxylic acids is 1. The Morgan fingerprint density at radius 3 is 2.70 bits per heavy atom. The molecule has 5 nitrogen and oxygen atoms in total. The third kappa shape index (κ3) is 5.01. The van der Waals surface area contributed by atoms with Crippen LogP contribution in [0.5, 0.6) is 0 Å². The molecule has 1 amide bonds. The van der Waals surface area contributed by atoms with Gasteiger partial charge in [0, 0.05) is 12.1 Å². The van der Waals surface area contributed by atoms with E-state index in [9.17, 15) is 9.59 Å².